The van der Waals surface area contributed by atoms with E-state index in [2.05, 4.69) is 30.2 Å². The van der Waals surface area contributed by atoms with Gasteiger partial charge in [0.25, 0.3) is 0 Å². The Morgan fingerprint density at radius 2 is 2.15 bits per heavy atom. The molecule has 0 spiro atoms. The van der Waals surface area contributed by atoms with E-state index >= 15 is 0 Å². The summed E-state index contributed by atoms with van der Waals surface area (Å²) in [6.45, 7) is 3.97. The Bertz CT molecular complexity index is 774. The van der Waals surface area contributed by atoms with E-state index in [9.17, 15) is 0 Å². The maximum absolute atomic E-state index is 4.39. The lowest BCUT2D eigenvalue weighted by Crippen LogP contribution is -2.01. The minimum Gasteiger partial charge on any atom is -0.344 e. The third kappa shape index (κ3) is 2.11. The summed E-state index contributed by atoms with van der Waals surface area (Å²) in [6, 6.07) is 3.86. The van der Waals surface area contributed by atoms with Crippen molar-refractivity contribution in [2.24, 2.45) is 0 Å². The van der Waals surface area contributed by atoms with E-state index in [4.69, 9.17) is 0 Å². The molecule has 6 nitrogen and oxygen atoms in total. The Hall–Kier alpha value is -2.76. The fourth-order valence-electron chi connectivity index (χ4n) is 1.92. The number of anilines is 1. The zero-order valence-electron chi connectivity index (χ0n) is 11.3. The van der Waals surface area contributed by atoms with Crippen molar-refractivity contribution >= 4 is 17.0 Å². The number of H-pyrrole nitrogens is 1. The third-order valence-corrected chi connectivity index (χ3v) is 3.03. The number of hydrogen-bond acceptors (Lipinski definition) is 5. The zero-order chi connectivity index (χ0) is 13.9. The molecule has 3 aromatic heterocycles. The first-order chi connectivity index (χ1) is 9.79. The summed E-state index contributed by atoms with van der Waals surface area (Å²) in [5.74, 6) is 0.762. The van der Waals surface area contributed by atoms with Crippen molar-refractivity contribution < 1.29 is 0 Å². The summed E-state index contributed by atoms with van der Waals surface area (Å²) >= 11 is 0. The van der Waals surface area contributed by atoms with E-state index in [1.807, 2.05) is 32.1 Å². The van der Waals surface area contributed by atoms with Crippen LogP contribution < -0.4 is 5.32 Å². The van der Waals surface area contributed by atoms with Gasteiger partial charge in [-0.2, -0.15) is 0 Å². The van der Waals surface area contributed by atoms with Crippen molar-refractivity contribution in [1.29, 1.82) is 0 Å². The average molecular weight is 266 g/mol. The van der Waals surface area contributed by atoms with E-state index in [1.165, 1.54) is 6.33 Å². The molecule has 20 heavy (non-hydrogen) atoms. The van der Waals surface area contributed by atoms with Crippen molar-refractivity contribution in [3.63, 3.8) is 0 Å². The van der Waals surface area contributed by atoms with Crippen molar-refractivity contribution in [2.75, 3.05) is 5.32 Å². The average Bonchev–Trinajstić information content (AvgIpc) is 2.96. The van der Waals surface area contributed by atoms with Crippen LogP contribution in [0.15, 0.2) is 42.8 Å². The number of aromatic amines is 1. The molecular formula is C14H14N6. The molecule has 0 amide bonds. The summed E-state index contributed by atoms with van der Waals surface area (Å²) in [6.07, 6.45) is 6.87. The lowest BCUT2D eigenvalue weighted by atomic mass is 10.1. The highest BCUT2D eigenvalue weighted by atomic mass is 15.0. The molecule has 6 heteroatoms. The summed E-state index contributed by atoms with van der Waals surface area (Å²) in [5, 5.41) is 3.27. The highest BCUT2D eigenvalue weighted by Gasteiger charge is 2.12. The van der Waals surface area contributed by atoms with Crippen LogP contribution in [0.4, 0.5) is 5.82 Å². The second-order valence-corrected chi connectivity index (χ2v) is 4.32. The van der Waals surface area contributed by atoms with Gasteiger partial charge in [0.15, 0.2) is 5.65 Å². The highest BCUT2D eigenvalue weighted by Crippen LogP contribution is 2.28. The molecule has 3 aromatic rings. The fourth-order valence-corrected chi connectivity index (χ4v) is 1.92. The Morgan fingerprint density at radius 1 is 1.25 bits per heavy atom. The van der Waals surface area contributed by atoms with Gasteiger partial charge in [0.1, 0.15) is 23.4 Å². The number of imidazole rings is 1. The van der Waals surface area contributed by atoms with Crippen LogP contribution in [0.3, 0.4) is 0 Å². The summed E-state index contributed by atoms with van der Waals surface area (Å²) in [7, 11) is 0. The molecule has 0 bridgehead atoms. The van der Waals surface area contributed by atoms with Crippen LogP contribution in [-0.4, -0.2) is 24.9 Å². The molecule has 0 fully saturated rings. The van der Waals surface area contributed by atoms with Gasteiger partial charge in [-0.3, -0.25) is 0 Å². The van der Waals surface area contributed by atoms with Gasteiger partial charge < -0.3 is 10.3 Å². The maximum Gasteiger partial charge on any atom is 0.181 e. The van der Waals surface area contributed by atoms with Gasteiger partial charge in [0, 0.05) is 17.5 Å². The van der Waals surface area contributed by atoms with Crippen molar-refractivity contribution in [2.45, 2.75) is 13.8 Å². The van der Waals surface area contributed by atoms with Crippen LogP contribution in [0.2, 0.25) is 0 Å². The quantitative estimate of drug-likeness (QED) is 0.762. The molecule has 0 aliphatic heterocycles. The molecule has 3 rings (SSSR count). The number of rotatable bonds is 3. The first-order valence-corrected chi connectivity index (χ1v) is 6.29. The topological polar surface area (TPSA) is 79.4 Å². The van der Waals surface area contributed by atoms with Gasteiger partial charge in [-0.25, -0.2) is 19.9 Å². The smallest absolute Gasteiger partial charge is 0.181 e. The second kappa shape index (κ2) is 5.08. The van der Waals surface area contributed by atoms with Gasteiger partial charge >= 0.3 is 0 Å². The SMILES string of the molecule is C/C=C(\C)Nc1ncccc1-c1ncnc2nc[nH]c12. The molecular weight excluding hydrogens is 252 g/mol. The summed E-state index contributed by atoms with van der Waals surface area (Å²) in [5.41, 5.74) is 4.17. The molecule has 0 saturated heterocycles. The van der Waals surface area contributed by atoms with Crippen LogP contribution in [0.1, 0.15) is 13.8 Å². The first-order valence-electron chi connectivity index (χ1n) is 6.29. The van der Waals surface area contributed by atoms with Gasteiger partial charge in [0.05, 0.1) is 6.33 Å². The number of nitrogens with one attached hydrogen (secondary N) is 2. The van der Waals surface area contributed by atoms with E-state index in [-0.39, 0.29) is 0 Å². The largest absolute Gasteiger partial charge is 0.344 e. The first kappa shape index (κ1) is 12.3. The minimum absolute atomic E-state index is 0.646. The molecule has 0 aromatic carbocycles. The van der Waals surface area contributed by atoms with E-state index in [0.717, 1.165) is 28.3 Å². The second-order valence-electron chi connectivity index (χ2n) is 4.32. The van der Waals surface area contributed by atoms with Crippen molar-refractivity contribution in [1.82, 2.24) is 24.9 Å². The Kier molecular flexibility index (Phi) is 3.12. The van der Waals surface area contributed by atoms with Crippen molar-refractivity contribution in [3.8, 4) is 11.3 Å². The van der Waals surface area contributed by atoms with Gasteiger partial charge in [0.2, 0.25) is 0 Å². The predicted molar refractivity (Wildman–Crippen MR) is 78.0 cm³/mol. The molecule has 0 saturated carbocycles. The molecule has 0 atom stereocenters. The monoisotopic (exact) mass is 266 g/mol. The van der Waals surface area contributed by atoms with Crippen LogP contribution in [-0.2, 0) is 0 Å². The van der Waals surface area contributed by atoms with E-state index in [0.29, 0.717) is 5.65 Å². The Labute approximate surface area is 116 Å². The van der Waals surface area contributed by atoms with E-state index < -0.39 is 0 Å². The zero-order valence-corrected chi connectivity index (χ0v) is 11.3. The van der Waals surface area contributed by atoms with Gasteiger partial charge in [-0.1, -0.05) is 6.08 Å². The molecule has 0 aliphatic rings. The molecule has 3 heterocycles. The standard InChI is InChI=1S/C14H14N6/c1-3-9(2)20-13-10(5-4-6-15-13)11-12-14(18-7-16-11)19-8-17-12/h3-8H,1-2H3,(H,15,20)(H,16,17,18,19)/b9-3+. The number of allylic oxidation sites excluding steroid dienone is 2. The lowest BCUT2D eigenvalue weighted by molar-refractivity contribution is 1.19. The predicted octanol–water partition coefficient (Wildman–Crippen LogP) is 2.75. The molecule has 100 valence electrons. The van der Waals surface area contributed by atoms with Crippen LogP contribution in [0, 0.1) is 0 Å². The van der Waals surface area contributed by atoms with Gasteiger partial charge in [-0.15, -0.1) is 0 Å². The molecule has 0 radical (unpaired) electrons. The fraction of sp³-hybridized carbons (Fsp3) is 0.143. The van der Waals surface area contributed by atoms with Crippen LogP contribution in [0.25, 0.3) is 22.4 Å². The molecule has 0 aliphatic carbocycles. The number of hydrogen-bond donors (Lipinski definition) is 2. The van der Waals surface area contributed by atoms with E-state index in [1.54, 1.807) is 12.5 Å². The summed E-state index contributed by atoms with van der Waals surface area (Å²) in [4.78, 5) is 20.1. The van der Waals surface area contributed by atoms with Crippen LogP contribution >= 0.6 is 0 Å². The normalized spacial score (nSPS) is 11.8. The molecule has 2 N–H and O–H groups in total. The van der Waals surface area contributed by atoms with Gasteiger partial charge in [-0.05, 0) is 26.0 Å². The number of fused-ring (bicyclic) bond motifs is 1. The maximum atomic E-state index is 4.39. The Balaban J connectivity index is 2.17. The number of aromatic nitrogens is 5. The number of pyridine rings is 1. The highest BCUT2D eigenvalue weighted by molar-refractivity contribution is 5.90. The third-order valence-electron chi connectivity index (χ3n) is 3.03. The molecule has 0 unspecified atom stereocenters. The lowest BCUT2D eigenvalue weighted by Gasteiger charge is -2.10. The number of nitrogens with zero attached hydrogens (tertiary/aromatic N) is 4. The Morgan fingerprint density at radius 3 is 3.00 bits per heavy atom. The minimum atomic E-state index is 0.646. The summed E-state index contributed by atoms with van der Waals surface area (Å²) < 4.78 is 0. The van der Waals surface area contributed by atoms with Crippen molar-refractivity contribution in [3.05, 3.63) is 42.8 Å². The van der Waals surface area contributed by atoms with Crippen LogP contribution in [0.5, 0.6) is 0 Å².